The van der Waals surface area contributed by atoms with Gasteiger partial charge < -0.3 is 19.7 Å². The van der Waals surface area contributed by atoms with Crippen LogP contribution in [0.3, 0.4) is 0 Å². The molecule has 0 fully saturated rings. The summed E-state index contributed by atoms with van der Waals surface area (Å²) >= 11 is 0. The largest absolute Gasteiger partial charge is 0.638 e. The first-order valence-electron chi connectivity index (χ1n) is 5.59. The van der Waals surface area contributed by atoms with Crippen molar-refractivity contribution in [2.24, 2.45) is 0 Å². The zero-order chi connectivity index (χ0) is 17.6. The van der Waals surface area contributed by atoms with Gasteiger partial charge in [0.25, 0.3) is 0 Å². The molecule has 1 aromatic rings. The Balaban J connectivity index is 0.000000534. The van der Waals surface area contributed by atoms with Crippen LogP contribution in [0.1, 0.15) is 11.1 Å². The molecule has 0 aromatic heterocycles. The Kier molecular flexibility index (Phi) is 7.70. The molecule has 0 heterocycles. The summed E-state index contributed by atoms with van der Waals surface area (Å²) in [7, 11) is 4.02. The molecule has 0 radical (unpaired) electrons. The minimum Gasteiger partial charge on any atom is -0.399 e. The molecule has 11 heteroatoms. The van der Waals surface area contributed by atoms with Crippen molar-refractivity contribution in [1.29, 1.82) is 0 Å². The molecule has 0 atom stereocenters. The molecular weight excluding hydrogens is 319 g/mol. The Morgan fingerprint density at radius 3 is 1.27 bits per heavy atom. The molecule has 0 saturated carbocycles. The molecule has 0 aliphatic heterocycles. The fourth-order valence-electron chi connectivity index (χ4n) is 1.27. The predicted octanol–water partition coefficient (Wildman–Crippen LogP) is 3.22. The maximum atomic E-state index is 12.1. The van der Waals surface area contributed by atoms with Crippen LogP contribution < -0.4 is 5.73 Å². The minimum absolute atomic E-state index is 0.0242. The lowest BCUT2D eigenvalue weighted by molar-refractivity contribution is -0.143. The van der Waals surface area contributed by atoms with Crippen molar-refractivity contribution < 1.29 is 40.3 Å². The third kappa shape index (κ3) is 7.01. The SMILES string of the molecule is COB(OC)OC.Nc1cc(C(F)(F)F)cc(C(F)(F)F)c1. The average Bonchev–Trinajstić information content (AvgIpc) is 2.39. The van der Waals surface area contributed by atoms with E-state index in [4.69, 9.17) is 5.73 Å². The molecule has 1 rings (SSSR count). The van der Waals surface area contributed by atoms with E-state index in [1.165, 1.54) is 21.3 Å². The monoisotopic (exact) mass is 333 g/mol. The lowest BCUT2D eigenvalue weighted by Gasteiger charge is -2.12. The molecule has 0 bridgehead atoms. The summed E-state index contributed by atoms with van der Waals surface area (Å²) in [5.41, 5.74) is 1.57. The van der Waals surface area contributed by atoms with Crippen molar-refractivity contribution in [3.63, 3.8) is 0 Å². The number of alkyl halides is 6. The number of halogens is 6. The average molecular weight is 333 g/mol. The van der Waals surface area contributed by atoms with Gasteiger partial charge in [-0.1, -0.05) is 0 Å². The van der Waals surface area contributed by atoms with Crippen molar-refractivity contribution in [3.05, 3.63) is 29.3 Å². The van der Waals surface area contributed by atoms with E-state index in [0.29, 0.717) is 12.1 Å². The van der Waals surface area contributed by atoms with E-state index in [9.17, 15) is 26.3 Å². The van der Waals surface area contributed by atoms with Gasteiger partial charge in [-0.25, -0.2) is 0 Å². The maximum absolute atomic E-state index is 12.1. The van der Waals surface area contributed by atoms with Crippen molar-refractivity contribution in [2.75, 3.05) is 27.1 Å². The van der Waals surface area contributed by atoms with Gasteiger partial charge in [-0.3, -0.25) is 0 Å². The van der Waals surface area contributed by atoms with Gasteiger partial charge in [-0.15, -0.1) is 0 Å². The summed E-state index contributed by atoms with van der Waals surface area (Å²) in [4.78, 5) is 0. The number of nitrogens with two attached hydrogens (primary N) is 1. The molecular formula is C11H14BF6NO3. The van der Waals surface area contributed by atoms with E-state index >= 15 is 0 Å². The van der Waals surface area contributed by atoms with Crippen LogP contribution in [0.5, 0.6) is 0 Å². The lowest BCUT2D eigenvalue weighted by Crippen LogP contribution is -2.21. The third-order valence-electron chi connectivity index (χ3n) is 2.19. The number of hydrogen-bond acceptors (Lipinski definition) is 4. The topological polar surface area (TPSA) is 53.7 Å². The maximum Gasteiger partial charge on any atom is 0.638 e. The Bertz CT molecular complexity index is 424. The molecule has 22 heavy (non-hydrogen) atoms. The van der Waals surface area contributed by atoms with Crippen LogP contribution >= 0.6 is 0 Å². The van der Waals surface area contributed by atoms with Crippen LogP contribution in [-0.4, -0.2) is 28.7 Å². The normalized spacial score (nSPS) is 11.7. The van der Waals surface area contributed by atoms with Gasteiger partial charge in [0.05, 0.1) is 11.1 Å². The van der Waals surface area contributed by atoms with Crippen LogP contribution in [0.2, 0.25) is 0 Å². The van der Waals surface area contributed by atoms with Gasteiger partial charge in [0.2, 0.25) is 0 Å². The second kappa shape index (κ2) is 8.25. The highest BCUT2D eigenvalue weighted by Gasteiger charge is 2.36. The van der Waals surface area contributed by atoms with E-state index in [-0.39, 0.29) is 6.07 Å². The minimum atomic E-state index is -4.84. The van der Waals surface area contributed by atoms with Gasteiger partial charge in [0.1, 0.15) is 0 Å². The summed E-state index contributed by atoms with van der Waals surface area (Å²) in [6.07, 6.45) is -9.68. The summed E-state index contributed by atoms with van der Waals surface area (Å²) in [5, 5.41) is 0. The van der Waals surface area contributed by atoms with Gasteiger partial charge in [0.15, 0.2) is 0 Å². The van der Waals surface area contributed by atoms with Gasteiger partial charge >= 0.3 is 19.7 Å². The molecule has 126 valence electrons. The van der Waals surface area contributed by atoms with Crippen LogP contribution in [0.4, 0.5) is 32.0 Å². The smallest absolute Gasteiger partial charge is 0.399 e. The molecule has 2 N–H and O–H groups in total. The van der Waals surface area contributed by atoms with Crippen LogP contribution in [-0.2, 0) is 26.3 Å². The third-order valence-corrected chi connectivity index (χ3v) is 2.19. The van der Waals surface area contributed by atoms with Crippen molar-refractivity contribution in [1.82, 2.24) is 0 Å². The Labute approximate surface area is 123 Å². The van der Waals surface area contributed by atoms with Crippen LogP contribution in [0.25, 0.3) is 0 Å². The molecule has 0 saturated heterocycles. The van der Waals surface area contributed by atoms with E-state index in [2.05, 4.69) is 14.0 Å². The zero-order valence-corrected chi connectivity index (χ0v) is 11.9. The molecule has 0 spiro atoms. The number of rotatable bonds is 3. The number of nitrogen functional groups attached to an aromatic ring is 1. The Morgan fingerprint density at radius 1 is 0.773 bits per heavy atom. The number of benzene rings is 1. The predicted molar refractivity (Wildman–Crippen MR) is 67.6 cm³/mol. The summed E-state index contributed by atoms with van der Waals surface area (Å²) in [5.74, 6) is 0. The molecule has 0 aliphatic rings. The fraction of sp³-hybridized carbons (Fsp3) is 0.455. The molecule has 0 amide bonds. The highest BCUT2D eigenvalue weighted by atomic mass is 19.4. The quantitative estimate of drug-likeness (QED) is 0.524. The molecule has 4 nitrogen and oxygen atoms in total. The zero-order valence-electron chi connectivity index (χ0n) is 11.9. The summed E-state index contributed by atoms with van der Waals surface area (Å²) < 4.78 is 86.5. The first kappa shape index (κ1) is 20.5. The van der Waals surface area contributed by atoms with E-state index in [1.54, 1.807) is 0 Å². The highest BCUT2D eigenvalue weighted by molar-refractivity contribution is 6.36. The van der Waals surface area contributed by atoms with Gasteiger partial charge in [0, 0.05) is 27.0 Å². The second-order valence-corrected chi connectivity index (χ2v) is 3.83. The molecule has 0 aliphatic carbocycles. The van der Waals surface area contributed by atoms with Crippen LogP contribution in [0, 0.1) is 0 Å². The Hall–Kier alpha value is -1.46. The lowest BCUT2D eigenvalue weighted by atomic mass is 10.1. The number of hydrogen-bond donors (Lipinski definition) is 1. The van der Waals surface area contributed by atoms with Gasteiger partial charge in [-0.05, 0) is 18.2 Å². The van der Waals surface area contributed by atoms with E-state index in [0.717, 1.165) is 0 Å². The highest BCUT2D eigenvalue weighted by Crippen LogP contribution is 2.36. The summed E-state index contributed by atoms with van der Waals surface area (Å²) in [6.45, 7) is 0. The number of anilines is 1. The van der Waals surface area contributed by atoms with Crippen LogP contribution in [0.15, 0.2) is 18.2 Å². The second-order valence-electron chi connectivity index (χ2n) is 3.83. The van der Waals surface area contributed by atoms with Crippen molar-refractivity contribution >= 4 is 13.0 Å². The first-order valence-corrected chi connectivity index (χ1v) is 5.59. The Morgan fingerprint density at radius 2 is 1.09 bits per heavy atom. The molecule has 0 unspecified atom stereocenters. The summed E-state index contributed by atoms with van der Waals surface area (Å²) in [6, 6.07) is 0.931. The van der Waals surface area contributed by atoms with Crippen molar-refractivity contribution in [2.45, 2.75) is 12.4 Å². The standard InChI is InChI=1S/C8H5F6N.C3H9BO3/c9-7(10,11)4-1-5(8(12,13)14)3-6(15)2-4;1-5-4(6-2)7-3/h1-3H,15H2;1-3H3. The van der Waals surface area contributed by atoms with E-state index in [1.807, 2.05) is 0 Å². The van der Waals surface area contributed by atoms with E-state index < -0.39 is 36.5 Å². The molecule has 1 aromatic carbocycles. The first-order chi connectivity index (χ1) is 9.95. The van der Waals surface area contributed by atoms with Gasteiger partial charge in [-0.2, -0.15) is 26.3 Å². The fourth-order valence-corrected chi connectivity index (χ4v) is 1.27. The van der Waals surface area contributed by atoms with Crippen molar-refractivity contribution in [3.8, 4) is 0 Å².